The highest BCUT2D eigenvalue weighted by Crippen LogP contribution is 2.27. The van der Waals surface area contributed by atoms with E-state index < -0.39 is 5.79 Å². The first-order valence-electron chi connectivity index (χ1n) is 7.49. The fourth-order valence-electron chi connectivity index (χ4n) is 2.55. The molecule has 2 N–H and O–H groups in total. The molecule has 1 aromatic carbocycles. The molecule has 0 spiro atoms. The summed E-state index contributed by atoms with van der Waals surface area (Å²) in [5, 5.41) is 12.6. The number of benzene rings is 1. The van der Waals surface area contributed by atoms with E-state index in [0.717, 1.165) is 0 Å². The van der Waals surface area contributed by atoms with Crippen molar-refractivity contribution in [2.45, 2.75) is 38.3 Å². The molecule has 122 valence electrons. The average Bonchev–Trinajstić information content (AvgIpc) is 2.87. The van der Waals surface area contributed by atoms with Gasteiger partial charge >= 0.3 is 0 Å². The van der Waals surface area contributed by atoms with Crippen LogP contribution in [-0.4, -0.2) is 43.4 Å². The maximum absolute atomic E-state index is 9.19. The second-order valence-electron chi connectivity index (χ2n) is 5.70. The molecule has 5 nitrogen and oxygen atoms in total. The summed E-state index contributed by atoms with van der Waals surface area (Å²) in [7, 11) is 1.60. The molecule has 1 heterocycles. The number of aliphatic hydroxyl groups excluding tert-OH is 1. The molecule has 0 saturated carbocycles. The summed E-state index contributed by atoms with van der Waals surface area (Å²) >= 11 is 0. The summed E-state index contributed by atoms with van der Waals surface area (Å²) in [5.41, 5.74) is 1.17. The number of nitrogens with one attached hydrogen (secondary N) is 1. The SMILES string of the molecule is CO/C(=C/CO)C(NCc1ccccc1)[C@H]1COC(C)(C)O1. The lowest BCUT2D eigenvalue weighted by Gasteiger charge is -2.26. The summed E-state index contributed by atoms with van der Waals surface area (Å²) in [5.74, 6) is 0.0554. The van der Waals surface area contributed by atoms with Crippen LogP contribution in [0.1, 0.15) is 19.4 Å². The Morgan fingerprint density at radius 2 is 2.18 bits per heavy atom. The van der Waals surface area contributed by atoms with Gasteiger partial charge in [0.1, 0.15) is 11.9 Å². The topological polar surface area (TPSA) is 60.0 Å². The fourth-order valence-corrected chi connectivity index (χ4v) is 2.55. The van der Waals surface area contributed by atoms with Crippen LogP contribution in [0.4, 0.5) is 0 Å². The van der Waals surface area contributed by atoms with E-state index in [1.54, 1.807) is 13.2 Å². The lowest BCUT2D eigenvalue weighted by molar-refractivity contribution is -0.141. The Kier molecular flexibility index (Phi) is 5.97. The molecule has 1 aliphatic rings. The summed E-state index contributed by atoms with van der Waals surface area (Å²) in [6, 6.07) is 9.93. The Bertz CT molecular complexity index is 487. The number of hydrogen-bond donors (Lipinski definition) is 2. The Balaban J connectivity index is 2.09. The van der Waals surface area contributed by atoms with Crippen molar-refractivity contribution >= 4 is 0 Å². The van der Waals surface area contributed by atoms with Crippen molar-refractivity contribution in [2.75, 3.05) is 20.3 Å². The van der Waals surface area contributed by atoms with Gasteiger partial charge in [-0.25, -0.2) is 0 Å². The van der Waals surface area contributed by atoms with Crippen molar-refractivity contribution in [1.82, 2.24) is 5.32 Å². The minimum absolute atomic E-state index is 0.0797. The van der Waals surface area contributed by atoms with Crippen LogP contribution in [0.5, 0.6) is 0 Å². The van der Waals surface area contributed by atoms with Crippen molar-refractivity contribution in [1.29, 1.82) is 0 Å². The normalized spacial score (nSPS) is 22.5. The molecular weight excluding hydrogens is 282 g/mol. The molecule has 0 radical (unpaired) electrons. The molecule has 0 bridgehead atoms. The standard InChI is InChI=1S/C17H25NO4/c1-17(2)21-12-15(22-17)16(14(20-3)9-10-19)18-11-13-7-5-4-6-8-13/h4-9,15-16,18-19H,10-12H2,1-3H3/b14-9+/t15-,16?/m1/s1. The lowest BCUT2D eigenvalue weighted by atomic mass is 10.1. The van der Waals surface area contributed by atoms with Gasteiger partial charge in [0.15, 0.2) is 5.79 Å². The Morgan fingerprint density at radius 3 is 2.73 bits per heavy atom. The van der Waals surface area contributed by atoms with Crippen molar-refractivity contribution in [2.24, 2.45) is 0 Å². The van der Waals surface area contributed by atoms with Crippen LogP contribution in [0.3, 0.4) is 0 Å². The highest BCUT2D eigenvalue weighted by atomic mass is 16.7. The first-order chi connectivity index (χ1) is 10.6. The summed E-state index contributed by atoms with van der Waals surface area (Å²) < 4.78 is 17.0. The first kappa shape index (κ1) is 17.0. The van der Waals surface area contributed by atoms with E-state index in [1.807, 2.05) is 32.0 Å². The smallest absolute Gasteiger partial charge is 0.163 e. The van der Waals surface area contributed by atoms with Crippen LogP contribution in [0.15, 0.2) is 42.2 Å². The summed E-state index contributed by atoms with van der Waals surface area (Å²) in [6.07, 6.45) is 1.48. The molecule has 2 atom stereocenters. The van der Waals surface area contributed by atoms with Crippen LogP contribution in [-0.2, 0) is 20.8 Å². The maximum atomic E-state index is 9.19. The summed E-state index contributed by atoms with van der Waals surface area (Å²) in [4.78, 5) is 0. The van der Waals surface area contributed by atoms with E-state index in [-0.39, 0.29) is 18.8 Å². The largest absolute Gasteiger partial charge is 0.500 e. The Labute approximate surface area is 131 Å². The molecule has 1 aromatic rings. The second kappa shape index (κ2) is 7.74. The van der Waals surface area contributed by atoms with Gasteiger partial charge in [-0.1, -0.05) is 30.3 Å². The molecule has 1 unspecified atom stereocenters. The molecule has 2 rings (SSSR count). The van der Waals surface area contributed by atoms with Crippen molar-refractivity contribution in [3.05, 3.63) is 47.7 Å². The van der Waals surface area contributed by atoms with Gasteiger partial charge in [-0.3, -0.25) is 0 Å². The molecule has 0 amide bonds. The molecule has 0 aromatic heterocycles. The van der Waals surface area contributed by atoms with Crippen LogP contribution in [0.25, 0.3) is 0 Å². The van der Waals surface area contributed by atoms with Gasteiger partial charge < -0.3 is 24.6 Å². The van der Waals surface area contributed by atoms with E-state index in [2.05, 4.69) is 17.4 Å². The van der Waals surface area contributed by atoms with Gasteiger partial charge in [0.2, 0.25) is 0 Å². The Morgan fingerprint density at radius 1 is 1.45 bits per heavy atom. The predicted octanol–water partition coefficient (Wildman–Crippen LogP) is 1.82. The number of rotatable bonds is 7. The van der Waals surface area contributed by atoms with Gasteiger partial charge in [-0.15, -0.1) is 0 Å². The molecule has 1 fully saturated rings. The number of hydrogen-bond acceptors (Lipinski definition) is 5. The van der Waals surface area contributed by atoms with Crippen LogP contribution >= 0.6 is 0 Å². The molecule has 1 saturated heterocycles. The van der Waals surface area contributed by atoms with Gasteiger partial charge in [0, 0.05) is 6.54 Å². The number of ether oxygens (including phenoxy) is 3. The quantitative estimate of drug-likeness (QED) is 0.753. The van der Waals surface area contributed by atoms with E-state index >= 15 is 0 Å². The van der Waals surface area contributed by atoms with E-state index in [9.17, 15) is 5.11 Å². The second-order valence-corrected chi connectivity index (χ2v) is 5.70. The molecule has 0 aliphatic carbocycles. The van der Waals surface area contributed by atoms with Gasteiger partial charge in [-0.2, -0.15) is 0 Å². The third-order valence-corrected chi connectivity index (χ3v) is 3.61. The third kappa shape index (κ3) is 4.55. The minimum atomic E-state index is -0.602. The van der Waals surface area contributed by atoms with E-state index in [1.165, 1.54) is 5.56 Å². The highest BCUT2D eigenvalue weighted by Gasteiger charge is 2.39. The lowest BCUT2D eigenvalue weighted by Crippen LogP contribution is -2.43. The van der Waals surface area contributed by atoms with Crippen molar-refractivity contribution < 1.29 is 19.3 Å². The molecule has 22 heavy (non-hydrogen) atoms. The van der Waals surface area contributed by atoms with Crippen LogP contribution in [0, 0.1) is 0 Å². The molecule has 5 heteroatoms. The molecule has 1 aliphatic heterocycles. The van der Waals surface area contributed by atoms with Gasteiger partial charge in [0.25, 0.3) is 0 Å². The van der Waals surface area contributed by atoms with Gasteiger partial charge in [-0.05, 0) is 25.5 Å². The average molecular weight is 307 g/mol. The van der Waals surface area contributed by atoms with Crippen LogP contribution < -0.4 is 5.32 Å². The monoisotopic (exact) mass is 307 g/mol. The highest BCUT2D eigenvalue weighted by molar-refractivity contribution is 5.16. The van der Waals surface area contributed by atoms with Crippen molar-refractivity contribution in [3.63, 3.8) is 0 Å². The minimum Gasteiger partial charge on any atom is -0.500 e. The molecular formula is C17H25NO4. The number of methoxy groups -OCH3 is 1. The van der Waals surface area contributed by atoms with Crippen LogP contribution in [0.2, 0.25) is 0 Å². The Hall–Kier alpha value is -1.40. The zero-order valence-electron chi connectivity index (χ0n) is 13.4. The fraction of sp³-hybridized carbons (Fsp3) is 0.529. The van der Waals surface area contributed by atoms with Gasteiger partial charge in [0.05, 0.1) is 26.4 Å². The zero-order chi connectivity index (χ0) is 16.0. The van der Waals surface area contributed by atoms with E-state index in [4.69, 9.17) is 14.2 Å². The summed E-state index contributed by atoms with van der Waals surface area (Å²) in [6.45, 7) is 4.86. The van der Waals surface area contributed by atoms with E-state index in [0.29, 0.717) is 18.9 Å². The van der Waals surface area contributed by atoms with Crippen molar-refractivity contribution in [3.8, 4) is 0 Å². The number of aliphatic hydroxyl groups is 1. The maximum Gasteiger partial charge on any atom is 0.163 e. The first-order valence-corrected chi connectivity index (χ1v) is 7.49. The third-order valence-electron chi connectivity index (χ3n) is 3.61. The zero-order valence-corrected chi connectivity index (χ0v) is 13.4. The predicted molar refractivity (Wildman–Crippen MR) is 84.2 cm³/mol.